The largest absolute Gasteiger partial charge is 0.469 e. The fourth-order valence-corrected chi connectivity index (χ4v) is 3.10. The molecule has 5 nitrogen and oxygen atoms in total. The maximum atomic E-state index is 12.6. The summed E-state index contributed by atoms with van der Waals surface area (Å²) in [5.41, 5.74) is -0.831. The molecule has 26 heavy (non-hydrogen) atoms. The lowest BCUT2D eigenvalue weighted by Gasteiger charge is -2.11. The normalized spacial score (nSPS) is 12.4. The summed E-state index contributed by atoms with van der Waals surface area (Å²) < 4.78 is 43.0. The van der Waals surface area contributed by atoms with Gasteiger partial charge in [-0.05, 0) is 18.4 Å². The van der Waals surface area contributed by atoms with E-state index in [4.69, 9.17) is 4.42 Å². The molecule has 0 radical (unpaired) electrons. The third kappa shape index (κ3) is 7.28. The van der Waals surface area contributed by atoms with Crippen LogP contribution in [-0.4, -0.2) is 42.6 Å². The molecule has 2 aromatic heterocycles. The van der Waals surface area contributed by atoms with E-state index in [0.29, 0.717) is 37.0 Å². The van der Waals surface area contributed by atoms with Crippen LogP contribution >= 0.6 is 23.1 Å². The van der Waals surface area contributed by atoms with Gasteiger partial charge < -0.3 is 15.1 Å². The predicted molar refractivity (Wildman–Crippen MR) is 99.9 cm³/mol. The molecule has 0 aliphatic carbocycles. The number of hydrogen-bond acceptors (Lipinski definition) is 5. The van der Waals surface area contributed by atoms with E-state index in [1.165, 1.54) is 0 Å². The van der Waals surface area contributed by atoms with Crippen LogP contribution in [0.3, 0.4) is 0 Å². The molecule has 0 saturated carbocycles. The minimum Gasteiger partial charge on any atom is -0.469 e. The summed E-state index contributed by atoms with van der Waals surface area (Å²) >= 11 is 2.72. The topological polar surface area (TPSA) is 62.5 Å². The Labute approximate surface area is 158 Å². The van der Waals surface area contributed by atoms with E-state index in [0.717, 1.165) is 34.7 Å². The minimum atomic E-state index is -4.39. The predicted octanol–water partition coefficient (Wildman–Crippen LogP) is 3.44. The Bertz CT molecular complexity index is 671. The molecule has 2 heterocycles. The first-order valence-corrected chi connectivity index (χ1v) is 10.3. The van der Waals surface area contributed by atoms with Crippen molar-refractivity contribution in [2.24, 2.45) is 4.99 Å². The minimum absolute atomic E-state index is 0.405. The number of hydrogen-bond donors (Lipinski definition) is 2. The van der Waals surface area contributed by atoms with Crippen molar-refractivity contribution < 1.29 is 17.6 Å². The Hall–Kier alpha value is -1.68. The molecule has 0 atom stereocenters. The highest BCUT2D eigenvalue weighted by atomic mass is 32.2. The number of rotatable bonds is 9. The zero-order valence-electron chi connectivity index (χ0n) is 14.3. The van der Waals surface area contributed by atoms with Crippen LogP contribution in [0.15, 0.2) is 33.2 Å². The molecular formula is C16H21F3N4OS2. The third-order valence-electron chi connectivity index (χ3n) is 3.28. The Morgan fingerprint density at radius 1 is 1.31 bits per heavy atom. The van der Waals surface area contributed by atoms with Crippen LogP contribution in [0.2, 0.25) is 0 Å². The van der Waals surface area contributed by atoms with Crippen LogP contribution in [0.4, 0.5) is 13.2 Å². The number of guanidine groups is 1. The highest BCUT2D eigenvalue weighted by Crippen LogP contribution is 2.29. The van der Waals surface area contributed by atoms with Crippen LogP contribution in [0.25, 0.3) is 0 Å². The van der Waals surface area contributed by atoms with Gasteiger partial charge in [-0.25, -0.2) is 4.98 Å². The monoisotopic (exact) mass is 406 g/mol. The molecule has 2 N–H and O–H groups in total. The highest BCUT2D eigenvalue weighted by molar-refractivity contribution is 7.98. The standard InChI is InChI=1S/C16H21F3N4OS2/c1-25-10-8-22-15(20-6-4-12-3-2-9-24-12)21-7-5-14-23-13(11-26-14)16(17,18)19/h2-3,9,11H,4-8,10H2,1H3,(H2,20,21,22). The molecule has 0 fully saturated rings. The first-order chi connectivity index (χ1) is 12.5. The molecular weight excluding hydrogens is 385 g/mol. The first-order valence-electron chi connectivity index (χ1n) is 8.04. The third-order valence-corrected chi connectivity index (χ3v) is 4.78. The molecule has 0 saturated heterocycles. The number of aromatic nitrogens is 1. The average molecular weight is 406 g/mol. The SMILES string of the molecule is CSCCN=C(NCCc1ccco1)NCCc1nc(C(F)(F)F)cs1. The first kappa shape index (κ1) is 20.6. The molecule has 0 spiro atoms. The number of thioether (sulfide) groups is 1. The number of aliphatic imine (C=N–C) groups is 1. The van der Waals surface area contributed by atoms with E-state index in [2.05, 4.69) is 20.6 Å². The molecule has 0 aromatic carbocycles. The second-order valence-corrected chi connectivity index (χ2v) is 7.21. The van der Waals surface area contributed by atoms with Gasteiger partial charge in [0.25, 0.3) is 0 Å². The zero-order chi connectivity index (χ0) is 18.8. The van der Waals surface area contributed by atoms with Crippen molar-refractivity contribution in [2.45, 2.75) is 19.0 Å². The molecule has 0 amide bonds. The van der Waals surface area contributed by atoms with Crippen molar-refractivity contribution in [1.82, 2.24) is 15.6 Å². The van der Waals surface area contributed by atoms with E-state index in [1.807, 2.05) is 18.4 Å². The molecule has 10 heteroatoms. The quantitative estimate of drug-likeness (QED) is 0.380. The molecule has 2 aromatic rings. The Kier molecular flexibility index (Phi) is 8.30. The Morgan fingerprint density at radius 3 is 2.69 bits per heavy atom. The number of nitrogens with one attached hydrogen (secondary N) is 2. The Morgan fingerprint density at radius 2 is 2.08 bits per heavy atom. The van der Waals surface area contributed by atoms with Gasteiger partial charge in [-0.3, -0.25) is 4.99 Å². The van der Waals surface area contributed by atoms with Gasteiger partial charge in [0.1, 0.15) is 5.76 Å². The summed E-state index contributed by atoms with van der Waals surface area (Å²) in [6.07, 6.45) is 0.373. The van der Waals surface area contributed by atoms with Crippen LogP contribution < -0.4 is 10.6 Å². The summed E-state index contributed by atoms with van der Waals surface area (Å²) in [6, 6.07) is 3.74. The van der Waals surface area contributed by atoms with Crippen molar-refractivity contribution in [2.75, 3.05) is 31.6 Å². The van der Waals surface area contributed by atoms with E-state index in [9.17, 15) is 13.2 Å². The van der Waals surface area contributed by atoms with Gasteiger partial charge in [0.05, 0.1) is 17.8 Å². The number of furan rings is 1. The maximum absolute atomic E-state index is 12.6. The van der Waals surface area contributed by atoms with Gasteiger partial charge in [0.15, 0.2) is 11.7 Å². The van der Waals surface area contributed by atoms with Gasteiger partial charge in [0.2, 0.25) is 0 Å². The van der Waals surface area contributed by atoms with Crippen molar-refractivity contribution in [1.29, 1.82) is 0 Å². The Balaban J connectivity index is 1.79. The van der Waals surface area contributed by atoms with E-state index >= 15 is 0 Å². The molecule has 0 aliphatic heterocycles. The maximum Gasteiger partial charge on any atom is 0.434 e. The van der Waals surface area contributed by atoms with E-state index < -0.39 is 11.9 Å². The van der Waals surface area contributed by atoms with E-state index in [-0.39, 0.29) is 0 Å². The van der Waals surface area contributed by atoms with Gasteiger partial charge in [-0.1, -0.05) is 0 Å². The van der Waals surface area contributed by atoms with E-state index in [1.54, 1.807) is 18.0 Å². The lowest BCUT2D eigenvalue weighted by atomic mass is 10.3. The van der Waals surface area contributed by atoms with Crippen LogP contribution in [0.1, 0.15) is 16.5 Å². The second kappa shape index (κ2) is 10.5. The summed E-state index contributed by atoms with van der Waals surface area (Å²) in [6.45, 7) is 1.76. The van der Waals surface area contributed by atoms with Crippen molar-refractivity contribution in [3.63, 3.8) is 0 Å². The number of alkyl halides is 3. The highest BCUT2D eigenvalue weighted by Gasteiger charge is 2.33. The number of halogens is 3. The van der Waals surface area contributed by atoms with Crippen molar-refractivity contribution in [3.8, 4) is 0 Å². The summed E-state index contributed by atoms with van der Waals surface area (Å²) in [5, 5.41) is 7.84. The second-order valence-electron chi connectivity index (χ2n) is 5.28. The number of nitrogens with zero attached hydrogens (tertiary/aromatic N) is 2. The summed E-state index contributed by atoms with van der Waals surface area (Å²) in [7, 11) is 0. The average Bonchev–Trinajstić information content (AvgIpc) is 3.25. The lowest BCUT2D eigenvalue weighted by molar-refractivity contribution is -0.140. The van der Waals surface area contributed by atoms with Crippen molar-refractivity contribution in [3.05, 3.63) is 40.2 Å². The van der Waals surface area contributed by atoms with Crippen LogP contribution in [0, 0.1) is 0 Å². The zero-order valence-corrected chi connectivity index (χ0v) is 15.9. The lowest BCUT2D eigenvalue weighted by Crippen LogP contribution is -2.39. The van der Waals surface area contributed by atoms with Crippen molar-refractivity contribution >= 4 is 29.1 Å². The summed E-state index contributed by atoms with van der Waals surface area (Å²) in [5.74, 6) is 2.41. The summed E-state index contributed by atoms with van der Waals surface area (Å²) in [4.78, 5) is 8.08. The van der Waals surface area contributed by atoms with Gasteiger partial charge in [0, 0.05) is 37.1 Å². The number of thiazole rings is 1. The molecule has 144 valence electrons. The molecule has 0 aliphatic rings. The molecule has 0 bridgehead atoms. The van der Waals surface area contributed by atoms with Crippen LogP contribution in [-0.2, 0) is 19.0 Å². The fraction of sp³-hybridized carbons (Fsp3) is 0.500. The molecule has 2 rings (SSSR count). The molecule has 0 unspecified atom stereocenters. The van der Waals surface area contributed by atoms with Gasteiger partial charge >= 0.3 is 6.18 Å². The van der Waals surface area contributed by atoms with Crippen LogP contribution in [0.5, 0.6) is 0 Å². The van der Waals surface area contributed by atoms with Gasteiger partial charge in [-0.2, -0.15) is 24.9 Å². The van der Waals surface area contributed by atoms with Gasteiger partial charge in [-0.15, -0.1) is 11.3 Å². The smallest absolute Gasteiger partial charge is 0.434 e. The fourth-order valence-electron chi connectivity index (χ4n) is 2.03.